The summed E-state index contributed by atoms with van der Waals surface area (Å²) >= 11 is 0. The Labute approximate surface area is 125 Å². The number of anilines is 2. The second kappa shape index (κ2) is 6.54. The summed E-state index contributed by atoms with van der Waals surface area (Å²) < 4.78 is 0. The van der Waals surface area contributed by atoms with Crippen LogP contribution in [0, 0.1) is 0 Å². The maximum absolute atomic E-state index is 5.75. The highest BCUT2D eigenvalue weighted by Gasteiger charge is 2.16. The highest BCUT2D eigenvalue weighted by molar-refractivity contribution is 5.45. The number of hydrogen-bond donors (Lipinski definition) is 1. The SMILES string of the molecule is Nc1cc(N2CCCN(Cc3ccccc3)CC2)ncn1. The maximum Gasteiger partial charge on any atom is 0.134 e. The van der Waals surface area contributed by atoms with Crippen LogP contribution in [0.25, 0.3) is 0 Å². The standard InChI is InChI=1S/C16H21N5/c17-15-11-16(19-13-18-15)21-8-4-7-20(9-10-21)12-14-5-2-1-3-6-14/h1-3,5-6,11,13H,4,7-10,12H2,(H2,17,18,19). The average Bonchev–Trinajstić information content (AvgIpc) is 2.74. The number of benzene rings is 1. The van der Waals surface area contributed by atoms with Crippen LogP contribution in [0.1, 0.15) is 12.0 Å². The smallest absolute Gasteiger partial charge is 0.134 e. The lowest BCUT2D eigenvalue weighted by Crippen LogP contribution is -2.31. The Morgan fingerprint density at radius 3 is 2.67 bits per heavy atom. The number of nitrogens with two attached hydrogens (primary N) is 1. The second-order valence-corrected chi connectivity index (χ2v) is 5.40. The predicted octanol–water partition coefficient (Wildman–Crippen LogP) is 1.77. The second-order valence-electron chi connectivity index (χ2n) is 5.40. The number of nitrogen functional groups attached to an aromatic ring is 1. The Kier molecular flexibility index (Phi) is 4.31. The fourth-order valence-electron chi connectivity index (χ4n) is 2.73. The Balaban J connectivity index is 1.62. The van der Waals surface area contributed by atoms with E-state index in [9.17, 15) is 0 Å². The van der Waals surface area contributed by atoms with Gasteiger partial charge in [-0.1, -0.05) is 30.3 Å². The maximum atomic E-state index is 5.75. The summed E-state index contributed by atoms with van der Waals surface area (Å²) in [7, 11) is 0. The third-order valence-corrected chi connectivity index (χ3v) is 3.84. The third kappa shape index (κ3) is 3.70. The molecule has 1 aromatic carbocycles. The number of aromatic nitrogens is 2. The van der Waals surface area contributed by atoms with Gasteiger partial charge in [-0.2, -0.15) is 0 Å². The van der Waals surface area contributed by atoms with Crippen LogP contribution in [0.15, 0.2) is 42.7 Å². The Bertz CT molecular complexity index is 572. The van der Waals surface area contributed by atoms with Gasteiger partial charge < -0.3 is 10.6 Å². The highest BCUT2D eigenvalue weighted by Crippen LogP contribution is 2.16. The summed E-state index contributed by atoms with van der Waals surface area (Å²) in [5.74, 6) is 1.47. The van der Waals surface area contributed by atoms with Gasteiger partial charge in [-0.3, -0.25) is 4.90 Å². The van der Waals surface area contributed by atoms with Crippen LogP contribution in [-0.2, 0) is 6.54 Å². The molecule has 0 aliphatic carbocycles. The van der Waals surface area contributed by atoms with Gasteiger partial charge in [-0.25, -0.2) is 9.97 Å². The molecule has 1 aliphatic heterocycles. The fourth-order valence-corrected chi connectivity index (χ4v) is 2.73. The van der Waals surface area contributed by atoms with Crippen molar-refractivity contribution in [3.05, 3.63) is 48.3 Å². The van der Waals surface area contributed by atoms with Gasteiger partial charge in [0.1, 0.15) is 18.0 Å². The van der Waals surface area contributed by atoms with Gasteiger partial charge in [-0.05, 0) is 12.0 Å². The molecule has 0 bridgehead atoms. The molecule has 0 atom stereocenters. The molecular weight excluding hydrogens is 262 g/mol. The van der Waals surface area contributed by atoms with E-state index in [0.29, 0.717) is 5.82 Å². The van der Waals surface area contributed by atoms with Gasteiger partial charge >= 0.3 is 0 Å². The first-order valence-corrected chi connectivity index (χ1v) is 7.40. The van der Waals surface area contributed by atoms with E-state index < -0.39 is 0 Å². The van der Waals surface area contributed by atoms with Crippen LogP contribution in [0.2, 0.25) is 0 Å². The van der Waals surface area contributed by atoms with E-state index in [1.165, 1.54) is 11.9 Å². The summed E-state index contributed by atoms with van der Waals surface area (Å²) in [6.07, 6.45) is 2.67. The molecule has 5 nitrogen and oxygen atoms in total. The quantitative estimate of drug-likeness (QED) is 0.930. The Morgan fingerprint density at radius 2 is 1.86 bits per heavy atom. The predicted molar refractivity (Wildman–Crippen MR) is 85.0 cm³/mol. The molecule has 0 saturated carbocycles. The van der Waals surface area contributed by atoms with E-state index in [0.717, 1.165) is 45.0 Å². The normalized spacial score (nSPS) is 16.7. The molecule has 2 N–H and O–H groups in total. The van der Waals surface area contributed by atoms with E-state index in [4.69, 9.17) is 5.73 Å². The van der Waals surface area contributed by atoms with E-state index in [1.54, 1.807) is 0 Å². The van der Waals surface area contributed by atoms with Crippen LogP contribution >= 0.6 is 0 Å². The number of rotatable bonds is 3. The van der Waals surface area contributed by atoms with Crippen molar-refractivity contribution >= 4 is 11.6 Å². The molecule has 2 heterocycles. The molecule has 1 saturated heterocycles. The summed E-state index contributed by atoms with van der Waals surface area (Å²) in [6.45, 7) is 5.16. The third-order valence-electron chi connectivity index (χ3n) is 3.84. The number of nitrogens with zero attached hydrogens (tertiary/aromatic N) is 4. The van der Waals surface area contributed by atoms with Crippen molar-refractivity contribution in [2.75, 3.05) is 36.8 Å². The van der Waals surface area contributed by atoms with Gasteiger partial charge in [-0.15, -0.1) is 0 Å². The van der Waals surface area contributed by atoms with Crippen LogP contribution in [0.3, 0.4) is 0 Å². The minimum Gasteiger partial charge on any atom is -0.384 e. The molecule has 1 aliphatic rings. The highest BCUT2D eigenvalue weighted by atomic mass is 15.2. The zero-order valence-electron chi connectivity index (χ0n) is 12.2. The van der Waals surface area contributed by atoms with Crippen molar-refractivity contribution in [3.63, 3.8) is 0 Å². The summed E-state index contributed by atoms with van der Waals surface area (Å²) in [5, 5.41) is 0. The molecule has 5 heteroatoms. The van der Waals surface area contributed by atoms with E-state index in [2.05, 4.69) is 50.1 Å². The largest absolute Gasteiger partial charge is 0.384 e. The van der Waals surface area contributed by atoms with Gasteiger partial charge in [0.15, 0.2) is 0 Å². The van der Waals surface area contributed by atoms with Gasteiger partial charge in [0.05, 0.1) is 0 Å². The summed E-state index contributed by atoms with van der Waals surface area (Å²) in [5.41, 5.74) is 7.12. The minimum atomic E-state index is 0.533. The van der Waals surface area contributed by atoms with E-state index in [1.807, 2.05) is 6.07 Å². The van der Waals surface area contributed by atoms with Crippen molar-refractivity contribution in [1.29, 1.82) is 0 Å². The molecule has 3 rings (SSSR count). The fraction of sp³-hybridized carbons (Fsp3) is 0.375. The van der Waals surface area contributed by atoms with Crippen molar-refractivity contribution in [2.24, 2.45) is 0 Å². The molecule has 110 valence electrons. The summed E-state index contributed by atoms with van der Waals surface area (Å²) in [6, 6.07) is 12.5. The van der Waals surface area contributed by atoms with Crippen molar-refractivity contribution in [2.45, 2.75) is 13.0 Å². The molecule has 0 spiro atoms. The zero-order chi connectivity index (χ0) is 14.5. The lowest BCUT2D eigenvalue weighted by Gasteiger charge is -2.22. The van der Waals surface area contributed by atoms with Crippen molar-refractivity contribution in [3.8, 4) is 0 Å². The van der Waals surface area contributed by atoms with Gasteiger partial charge in [0.25, 0.3) is 0 Å². The molecule has 21 heavy (non-hydrogen) atoms. The Morgan fingerprint density at radius 1 is 1.00 bits per heavy atom. The first-order chi connectivity index (χ1) is 10.3. The lowest BCUT2D eigenvalue weighted by molar-refractivity contribution is 0.285. The molecule has 1 aromatic heterocycles. The molecule has 0 amide bonds. The molecule has 1 fully saturated rings. The van der Waals surface area contributed by atoms with Crippen molar-refractivity contribution < 1.29 is 0 Å². The van der Waals surface area contributed by atoms with E-state index in [-0.39, 0.29) is 0 Å². The van der Waals surface area contributed by atoms with Crippen LogP contribution in [0.5, 0.6) is 0 Å². The Hall–Kier alpha value is -2.14. The zero-order valence-corrected chi connectivity index (χ0v) is 12.2. The van der Waals surface area contributed by atoms with Crippen molar-refractivity contribution in [1.82, 2.24) is 14.9 Å². The average molecular weight is 283 g/mol. The van der Waals surface area contributed by atoms with Gasteiger partial charge in [0, 0.05) is 38.8 Å². The first-order valence-electron chi connectivity index (χ1n) is 7.40. The first kappa shape index (κ1) is 13.8. The monoisotopic (exact) mass is 283 g/mol. The van der Waals surface area contributed by atoms with Crippen LogP contribution in [0.4, 0.5) is 11.6 Å². The molecule has 2 aromatic rings. The van der Waals surface area contributed by atoms with Crippen LogP contribution < -0.4 is 10.6 Å². The molecule has 0 radical (unpaired) electrons. The lowest BCUT2D eigenvalue weighted by atomic mass is 10.2. The molecular formula is C16H21N5. The van der Waals surface area contributed by atoms with Gasteiger partial charge in [0.2, 0.25) is 0 Å². The number of hydrogen-bond acceptors (Lipinski definition) is 5. The minimum absolute atomic E-state index is 0.533. The van der Waals surface area contributed by atoms with E-state index >= 15 is 0 Å². The summed E-state index contributed by atoms with van der Waals surface area (Å²) in [4.78, 5) is 13.1. The molecule has 0 unspecified atom stereocenters. The topological polar surface area (TPSA) is 58.3 Å². The van der Waals surface area contributed by atoms with Crippen LogP contribution in [-0.4, -0.2) is 41.0 Å².